The van der Waals surface area contributed by atoms with Crippen molar-refractivity contribution in [3.8, 4) is 5.75 Å². The van der Waals surface area contributed by atoms with E-state index in [0.717, 1.165) is 4.90 Å². The van der Waals surface area contributed by atoms with Crippen LogP contribution in [0.2, 0.25) is 0 Å². The number of hydrogen-bond donors (Lipinski definition) is 2. The number of methoxy groups -OCH3 is 1. The monoisotopic (exact) mass is 360 g/mol. The maximum Gasteiger partial charge on any atom is 0.324 e. The maximum atomic E-state index is 12.8. The Morgan fingerprint density at radius 2 is 1.96 bits per heavy atom. The quantitative estimate of drug-likeness (QED) is 0.772. The van der Waals surface area contributed by atoms with Gasteiger partial charge in [0.2, 0.25) is 11.8 Å². The van der Waals surface area contributed by atoms with Gasteiger partial charge in [-0.3, -0.25) is 24.6 Å². The zero-order chi connectivity index (χ0) is 19.2. The lowest BCUT2D eigenvalue weighted by Crippen LogP contribution is -2.56. The third kappa shape index (κ3) is 2.49. The van der Waals surface area contributed by atoms with Gasteiger partial charge in [-0.05, 0) is 18.4 Å². The predicted octanol–water partition coefficient (Wildman–Crippen LogP) is 1.44. The highest BCUT2D eigenvalue weighted by atomic mass is 16.5. The molecule has 2 saturated heterocycles. The van der Waals surface area contributed by atoms with Crippen LogP contribution in [-0.2, 0) is 14.4 Å². The summed E-state index contributed by atoms with van der Waals surface area (Å²) < 4.78 is 5.41. The van der Waals surface area contributed by atoms with Crippen LogP contribution >= 0.6 is 0 Å². The normalized spacial score (nSPS) is 30.8. The van der Waals surface area contributed by atoms with Crippen LogP contribution in [0.25, 0.3) is 0 Å². The molecule has 0 saturated carbocycles. The predicted molar refractivity (Wildman–Crippen MR) is 93.4 cm³/mol. The molecule has 140 valence electrons. The summed E-state index contributed by atoms with van der Waals surface area (Å²) in [5, 5.41) is 13.2. The SMILES string of the molecule is COc1ccccc1C1NC(CC(C)C)(C(=O)O)C2C(=O)N(C)C(=O)C12. The van der Waals surface area contributed by atoms with Crippen molar-refractivity contribution in [3.05, 3.63) is 29.8 Å². The molecule has 2 aliphatic heterocycles. The Morgan fingerprint density at radius 3 is 2.54 bits per heavy atom. The van der Waals surface area contributed by atoms with Crippen molar-refractivity contribution in [2.45, 2.75) is 31.8 Å². The summed E-state index contributed by atoms with van der Waals surface area (Å²) in [6, 6.07) is 6.58. The number of imide groups is 1. The number of nitrogens with zero attached hydrogens (tertiary/aromatic N) is 1. The van der Waals surface area contributed by atoms with Crippen LogP contribution in [0.15, 0.2) is 24.3 Å². The molecule has 1 aromatic carbocycles. The molecule has 26 heavy (non-hydrogen) atoms. The highest BCUT2D eigenvalue weighted by Crippen LogP contribution is 2.51. The van der Waals surface area contributed by atoms with Gasteiger partial charge in [-0.1, -0.05) is 32.0 Å². The van der Waals surface area contributed by atoms with E-state index in [1.807, 2.05) is 19.9 Å². The highest BCUT2D eigenvalue weighted by molar-refractivity contribution is 6.09. The van der Waals surface area contributed by atoms with Crippen LogP contribution in [0.3, 0.4) is 0 Å². The second-order valence-corrected chi connectivity index (χ2v) is 7.48. The van der Waals surface area contributed by atoms with E-state index in [-0.39, 0.29) is 18.2 Å². The van der Waals surface area contributed by atoms with Gasteiger partial charge >= 0.3 is 5.97 Å². The summed E-state index contributed by atoms with van der Waals surface area (Å²) in [5.41, 5.74) is -0.796. The summed E-state index contributed by atoms with van der Waals surface area (Å²) in [6.45, 7) is 3.81. The first-order valence-electron chi connectivity index (χ1n) is 8.70. The van der Waals surface area contributed by atoms with Gasteiger partial charge in [-0.15, -0.1) is 0 Å². The van der Waals surface area contributed by atoms with E-state index in [9.17, 15) is 19.5 Å². The van der Waals surface area contributed by atoms with E-state index in [1.165, 1.54) is 14.2 Å². The zero-order valence-corrected chi connectivity index (χ0v) is 15.4. The summed E-state index contributed by atoms with van der Waals surface area (Å²) in [7, 11) is 2.95. The molecule has 1 aromatic rings. The topological polar surface area (TPSA) is 95.9 Å². The standard InChI is InChI=1S/C19H24N2O5/c1-10(2)9-19(18(24)25)14-13(16(22)21(3)17(14)23)15(20-19)11-7-5-6-8-12(11)26-4/h5-8,10,13-15,20H,9H2,1-4H3,(H,24,25). The van der Waals surface area contributed by atoms with Gasteiger partial charge in [-0.25, -0.2) is 0 Å². The number of carboxylic acids is 1. The van der Waals surface area contributed by atoms with Gasteiger partial charge in [0.1, 0.15) is 11.3 Å². The van der Waals surface area contributed by atoms with Crippen molar-refractivity contribution < 1.29 is 24.2 Å². The van der Waals surface area contributed by atoms with Gasteiger partial charge in [0.25, 0.3) is 0 Å². The molecule has 4 atom stereocenters. The average molecular weight is 360 g/mol. The molecular formula is C19H24N2O5. The number of amides is 2. The number of carbonyl (C=O) groups is 3. The minimum atomic E-state index is -1.48. The molecule has 2 N–H and O–H groups in total. The minimum absolute atomic E-state index is 0.0319. The third-order valence-electron chi connectivity index (χ3n) is 5.46. The Hall–Kier alpha value is -2.41. The number of fused-ring (bicyclic) bond motifs is 1. The smallest absolute Gasteiger partial charge is 0.324 e. The number of aliphatic carboxylic acids is 1. The fourth-order valence-corrected chi connectivity index (χ4v) is 4.45. The number of ether oxygens (including phenoxy) is 1. The van der Waals surface area contributed by atoms with Gasteiger partial charge in [-0.2, -0.15) is 0 Å². The van der Waals surface area contributed by atoms with E-state index in [4.69, 9.17) is 4.74 Å². The largest absolute Gasteiger partial charge is 0.496 e. The van der Waals surface area contributed by atoms with Gasteiger partial charge in [0.05, 0.1) is 18.9 Å². The lowest BCUT2D eigenvalue weighted by molar-refractivity contribution is -0.151. The van der Waals surface area contributed by atoms with Crippen molar-refractivity contribution in [2.24, 2.45) is 17.8 Å². The Labute approximate surface area is 152 Å². The average Bonchev–Trinajstić information content (AvgIpc) is 3.05. The number of hydrogen-bond acceptors (Lipinski definition) is 5. The van der Waals surface area contributed by atoms with Crippen LogP contribution in [0.4, 0.5) is 0 Å². The number of benzene rings is 1. The molecule has 7 heteroatoms. The second-order valence-electron chi connectivity index (χ2n) is 7.48. The van der Waals surface area contributed by atoms with Crippen molar-refractivity contribution in [1.82, 2.24) is 10.2 Å². The van der Waals surface area contributed by atoms with Gasteiger partial charge < -0.3 is 9.84 Å². The lowest BCUT2D eigenvalue weighted by Gasteiger charge is -2.32. The molecule has 4 unspecified atom stereocenters. The Morgan fingerprint density at radius 1 is 1.31 bits per heavy atom. The first kappa shape index (κ1) is 18.4. The van der Waals surface area contributed by atoms with E-state index >= 15 is 0 Å². The molecule has 0 radical (unpaired) electrons. The van der Waals surface area contributed by atoms with Crippen molar-refractivity contribution in [3.63, 3.8) is 0 Å². The molecule has 2 amide bonds. The molecule has 2 aliphatic rings. The first-order valence-corrected chi connectivity index (χ1v) is 8.70. The Kier molecular flexibility index (Phi) is 4.52. The molecule has 0 spiro atoms. The van der Waals surface area contributed by atoms with Crippen LogP contribution in [0.1, 0.15) is 31.9 Å². The van der Waals surface area contributed by atoms with E-state index in [0.29, 0.717) is 11.3 Å². The van der Waals surface area contributed by atoms with E-state index < -0.39 is 35.3 Å². The van der Waals surface area contributed by atoms with E-state index in [1.54, 1.807) is 18.2 Å². The summed E-state index contributed by atoms with van der Waals surface area (Å²) in [6.07, 6.45) is 0.252. The summed E-state index contributed by atoms with van der Waals surface area (Å²) in [5.74, 6) is -3.00. The molecule has 7 nitrogen and oxygen atoms in total. The molecule has 0 bridgehead atoms. The fraction of sp³-hybridized carbons (Fsp3) is 0.526. The zero-order valence-electron chi connectivity index (χ0n) is 15.4. The second kappa shape index (κ2) is 6.39. The van der Waals surface area contributed by atoms with Gasteiger partial charge in [0.15, 0.2) is 0 Å². The number of rotatable bonds is 5. The molecule has 0 aliphatic carbocycles. The van der Waals surface area contributed by atoms with Crippen LogP contribution in [0, 0.1) is 17.8 Å². The summed E-state index contributed by atoms with van der Waals surface area (Å²) >= 11 is 0. The fourth-order valence-electron chi connectivity index (χ4n) is 4.45. The van der Waals surface area contributed by atoms with Crippen LogP contribution in [-0.4, -0.2) is 47.5 Å². The first-order chi connectivity index (χ1) is 12.2. The molecule has 2 fully saturated rings. The molecule has 3 rings (SSSR count). The van der Waals surface area contributed by atoms with Crippen LogP contribution in [0.5, 0.6) is 5.75 Å². The number of carboxylic acid groups (broad SMARTS) is 1. The minimum Gasteiger partial charge on any atom is -0.496 e. The number of para-hydroxylation sites is 1. The maximum absolute atomic E-state index is 12.8. The highest BCUT2D eigenvalue weighted by Gasteiger charge is 2.68. The molecule has 0 aromatic heterocycles. The lowest BCUT2D eigenvalue weighted by atomic mass is 9.75. The number of carbonyl (C=O) groups excluding carboxylic acids is 2. The Bertz CT molecular complexity index is 762. The summed E-state index contributed by atoms with van der Waals surface area (Å²) in [4.78, 5) is 39.0. The molecule has 2 heterocycles. The van der Waals surface area contributed by atoms with Gasteiger partial charge in [0, 0.05) is 18.7 Å². The van der Waals surface area contributed by atoms with E-state index in [2.05, 4.69) is 5.32 Å². The van der Waals surface area contributed by atoms with Crippen LogP contribution < -0.4 is 10.1 Å². The van der Waals surface area contributed by atoms with Crippen molar-refractivity contribution in [1.29, 1.82) is 0 Å². The number of likely N-dealkylation sites (tertiary alicyclic amines) is 1. The van der Waals surface area contributed by atoms with Crippen molar-refractivity contribution in [2.75, 3.05) is 14.2 Å². The molecular weight excluding hydrogens is 336 g/mol. The third-order valence-corrected chi connectivity index (χ3v) is 5.46. The van der Waals surface area contributed by atoms with Crippen molar-refractivity contribution >= 4 is 17.8 Å². The Balaban J connectivity index is 2.18. The number of nitrogens with one attached hydrogen (secondary N) is 1.